The van der Waals surface area contributed by atoms with E-state index in [1.807, 2.05) is 4.90 Å². The summed E-state index contributed by atoms with van der Waals surface area (Å²) < 4.78 is 0. The van der Waals surface area contributed by atoms with Crippen molar-refractivity contribution in [3.8, 4) is 0 Å². The molecule has 5 nitrogen and oxygen atoms in total. The number of benzene rings is 1. The molecular weight excluding hydrogens is 326 g/mol. The van der Waals surface area contributed by atoms with Crippen molar-refractivity contribution in [3.63, 3.8) is 0 Å². The molecule has 1 fully saturated rings. The number of unbranched alkanes of at least 4 members (excludes halogenated alkanes) is 1. The molecule has 1 aromatic carbocycles. The smallest absolute Gasteiger partial charge is 0.253 e. The zero-order valence-corrected chi connectivity index (χ0v) is 15.0. The lowest BCUT2D eigenvalue weighted by Crippen LogP contribution is -2.47. The van der Waals surface area contributed by atoms with Crippen molar-refractivity contribution in [2.45, 2.75) is 26.2 Å². The Hall–Kier alpha value is -1.59. The van der Waals surface area contributed by atoms with Gasteiger partial charge in [-0.3, -0.25) is 9.59 Å². The normalized spacial score (nSPS) is 14.5. The molecule has 0 unspecified atom stereocenters. The highest BCUT2D eigenvalue weighted by molar-refractivity contribution is 6.30. The molecule has 0 saturated carbocycles. The number of hydrogen-bond acceptors (Lipinski definition) is 3. The van der Waals surface area contributed by atoms with Crippen molar-refractivity contribution in [2.75, 3.05) is 39.3 Å². The molecule has 0 radical (unpaired) electrons. The molecule has 132 valence electrons. The lowest BCUT2D eigenvalue weighted by Gasteiger charge is -2.29. The Morgan fingerprint density at radius 2 is 1.83 bits per heavy atom. The molecular formula is C18H26ClN3O2. The summed E-state index contributed by atoms with van der Waals surface area (Å²) in [5.41, 5.74) is 0.616. The second kappa shape index (κ2) is 9.64. The highest BCUT2D eigenvalue weighted by Crippen LogP contribution is 2.13. The van der Waals surface area contributed by atoms with Gasteiger partial charge in [0.15, 0.2) is 0 Å². The van der Waals surface area contributed by atoms with Gasteiger partial charge in [-0.2, -0.15) is 0 Å². The quantitative estimate of drug-likeness (QED) is 0.820. The minimum Gasteiger partial charge on any atom is -0.340 e. The number of nitrogens with one attached hydrogen (secondary N) is 1. The maximum Gasteiger partial charge on any atom is 0.253 e. The van der Waals surface area contributed by atoms with Crippen LogP contribution in [0.4, 0.5) is 0 Å². The van der Waals surface area contributed by atoms with Crippen LogP contribution in [0.2, 0.25) is 5.02 Å². The van der Waals surface area contributed by atoms with Gasteiger partial charge in [0.05, 0.1) is 0 Å². The highest BCUT2D eigenvalue weighted by atomic mass is 35.5. The Labute approximate surface area is 149 Å². The average Bonchev–Trinajstić information content (AvgIpc) is 2.62. The van der Waals surface area contributed by atoms with Gasteiger partial charge in [0.2, 0.25) is 5.91 Å². The van der Waals surface area contributed by atoms with Gasteiger partial charge >= 0.3 is 0 Å². The maximum atomic E-state index is 12.7. The predicted molar refractivity (Wildman–Crippen MR) is 96.3 cm³/mol. The molecule has 1 aliphatic heterocycles. The van der Waals surface area contributed by atoms with Crippen LogP contribution in [0.3, 0.4) is 0 Å². The standard InChI is InChI=1S/C18H26ClN3O2/c1-2-3-11-22(18(24)15-4-6-16(19)7-5-15)12-8-17(23)21-13-9-20-10-14-21/h4-7,20H,2-3,8-14H2,1H3. The number of hydrogen-bond donors (Lipinski definition) is 1. The maximum absolute atomic E-state index is 12.7. The molecule has 0 atom stereocenters. The Morgan fingerprint density at radius 1 is 1.17 bits per heavy atom. The van der Waals surface area contributed by atoms with E-state index in [0.717, 1.165) is 39.0 Å². The molecule has 1 aromatic rings. The van der Waals surface area contributed by atoms with E-state index in [0.29, 0.717) is 30.1 Å². The molecule has 1 N–H and O–H groups in total. The molecule has 0 aromatic heterocycles. The first-order valence-corrected chi connectivity index (χ1v) is 9.03. The summed E-state index contributed by atoms with van der Waals surface area (Å²) in [7, 11) is 0. The fourth-order valence-electron chi connectivity index (χ4n) is 2.74. The third-order valence-electron chi connectivity index (χ3n) is 4.23. The summed E-state index contributed by atoms with van der Waals surface area (Å²) in [6.07, 6.45) is 2.32. The van der Waals surface area contributed by atoms with Gasteiger partial charge in [-0.05, 0) is 30.7 Å². The van der Waals surface area contributed by atoms with Crippen LogP contribution in [0.15, 0.2) is 24.3 Å². The molecule has 24 heavy (non-hydrogen) atoms. The molecule has 0 bridgehead atoms. The van der Waals surface area contributed by atoms with Gasteiger partial charge in [-0.25, -0.2) is 0 Å². The molecule has 1 aliphatic rings. The van der Waals surface area contributed by atoms with Gasteiger partial charge in [0.1, 0.15) is 0 Å². The minimum absolute atomic E-state index is 0.0340. The average molecular weight is 352 g/mol. The number of carbonyl (C=O) groups excluding carboxylic acids is 2. The number of piperazine rings is 1. The number of carbonyl (C=O) groups is 2. The Bertz CT molecular complexity index is 542. The van der Waals surface area contributed by atoms with Crippen molar-refractivity contribution in [1.82, 2.24) is 15.1 Å². The Kier molecular flexibility index (Phi) is 7.53. The summed E-state index contributed by atoms with van der Waals surface area (Å²) in [5.74, 6) is 0.0927. The Morgan fingerprint density at radius 3 is 2.46 bits per heavy atom. The molecule has 0 aliphatic carbocycles. The monoisotopic (exact) mass is 351 g/mol. The van der Waals surface area contributed by atoms with Crippen LogP contribution in [0.1, 0.15) is 36.5 Å². The fourth-order valence-corrected chi connectivity index (χ4v) is 2.87. The number of nitrogens with zero attached hydrogens (tertiary/aromatic N) is 2. The number of amides is 2. The highest BCUT2D eigenvalue weighted by Gasteiger charge is 2.20. The van der Waals surface area contributed by atoms with E-state index < -0.39 is 0 Å². The first-order valence-electron chi connectivity index (χ1n) is 8.65. The van der Waals surface area contributed by atoms with Crippen molar-refractivity contribution in [3.05, 3.63) is 34.9 Å². The molecule has 2 amide bonds. The largest absolute Gasteiger partial charge is 0.340 e. The molecule has 2 rings (SSSR count). The second-order valence-electron chi connectivity index (χ2n) is 6.03. The van der Waals surface area contributed by atoms with Gasteiger partial charge in [0.25, 0.3) is 5.91 Å². The summed E-state index contributed by atoms with van der Waals surface area (Å²) in [6.45, 7) is 6.41. The minimum atomic E-state index is -0.0340. The van der Waals surface area contributed by atoms with E-state index in [9.17, 15) is 9.59 Å². The van der Waals surface area contributed by atoms with Gasteiger partial charge in [0, 0.05) is 56.3 Å². The fraction of sp³-hybridized carbons (Fsp3) is 0.556. The zero-order valence-electron chi connectivity index (χ0n) is 14.3. The molecule has 0 spiro atoms. The van der Waals surface area contributed by atoms with Crippen LogP contribution < -0.4 is 5.32 Å². The SMILES string of the molecule is CCCCN(CCC(=O)N1CCNCC1)C(=O)c1ccc(Cl)cc1. The number of rotatable bonds is 7. The van der Waals surface area contributed by atoms with Crippen LogP contribution in [-0.4, -0.2) is 60.9 Å². The summed E-state index contributed by atoms with van der Waals surface area (Å²) in [4.78, 5) is 28.7. The van der Waals surface area contributed by atoms with Crippen LogP contribution >= 0.6 is 11.6 Å². The van der Waals surface area contributed by atoms with Gasteiger partial charge in [-0.1, -0.05) is 24.9 Å². The van der Waals surface area contributed by atoms with E-state index in [4.69, 9.17) is 11.6 Å². The van der Waals surface area contributed by atoms with Crippen molar-refractivity contribution < 1.29 is 9.59 Å². The zero-order chi connectivity index (χ0) is 17.4. The Balaban J connectivity index is 1.95. The molecule has 1 heterocycles. The predicted octanol–water partition coefficient (Wildman–Crippen LogP) is 2.40. The van der Waals surface area contributed by atoms with E-state index in [2.05, 4.69) is 12.2 Å². The van der Waals surface area contributed by atoms with Crippen LogP contribution in [0.5, 0.6) is 0 Å². The molecule has 1 saturated heterocycles. The topological polar surface area (TPSA) is 52.7 Å². The third-order valence-corrected chi connectivity index (χ3v) is 4.48. The van der Waals surface area contributed by atoms with E-state index >= 15 is 0 Å². The summed E-state index contributed by atoms with van der Waals surface area (Å²) in [6, 6.07) is 6.92. The first-order chi connectivity index (χ1) is 11.6. The second-order valence-corrected chi connectivity index (χ2v) is 6.47. The summed E-state index contributed by atoms with van der Waals surface area (Å²) >= 11 is 5.89. The summed E-state index contributed by atoms with van der Waals surface area (Å²) in [5, 5.41) is 3.85. The lowest BCUT2D eigenvalue weighted by atomic mass is 10.1. The number of halogens is 1. The third kappa shape index (κ3) is 5.49. The van der Waals surface area contributed by atoms with E-state index in [-0.39, 0.29) is 11.8 Å². The molecule has 6 heteroatoms. The van der Waals surface area contributed by atoms with Gasteiger partial charge < -0.3 is 15.1 Å². The van der Waals surface area contributed by atoms with Crippen molar-refractivity contribution in [1.29, 1.82) is 0 Å². The lowest BCUT2D eigenvalue weighted by molar-refractivity contribution is -0.131. The van der Waals surface area contributed by atoms with Crippen LogP contribution in [0.25, 0.3) is 0 Å². The van der Waals surface area contributed by atoms with Crippen LogP contribution in [-0.2, 0) is 4.79 Å². The van der Waals surface area contributed by atoms with E-state index in [1.165, 1.54) is 0 Å². The van der Waals surface area contributed by atoms with E-state index in [1.54, 1.807) is 29.2 Å². The van der Waals surface area contributed by atoms with Crippen molar-refractivity contribution >= 4 is 23.4 Å². The first kappa shape index (κ1) is 18.7. The van der Waals surface area contributed by atoms with Gasteiger partial charge in [-0.15, -0.1) is 0 Å². The van der Waals surface area contributed by atoms with Crippen LogP contribution in [0, 0.1) is 0 Å². The van der Waals surface area contributed by atoms with Crippen molar-refractivity contribution in [2.24, 2.45) is 0 Å².